The summed E-state index contributed by atoms with van der Waals surface area (Å²) in [7, 11) is 0. The summed E-state index contributed by atoms with van der Waals surface area (Å²) in [5.74, 6) is 0.581. The molecule has 6 nitrogen and oxygen atoms in total. The largest absolute Gasteiger partial charge is 0.493 e. The van der Waals surface area contributed by atoms with Crippen molar-refractivity contribution >= 4 is 28.9 Å². The van der Waals surface area contributed by atoms with E-state index in [1.165, 1.54) is 18.2 Å². The predicted molar refractivity (Wildman–Crippen MR) is 92.8 cm³/mol. The highest BCUT2D eigenvalue weighted by molar-refractivity contribution is 6.32. The van der Waals surface area contributed by atoms with Gasteiger partial charge in [0.25, 0.3) is 11.6 Å². The fraction of sp³-hybridized carbons (Fsp3) is 0.235. The number of amides is 1. The quantitative estimate of drug-likeness (QED) is 0.614. The molecule has 1 N–H and O–H groups in total. The lowest BCUT2D eigenvalue weighted by Gasteiger charge is -2.10. The molecule has 24 heavy (non-hydrogen) atoms. The van der Waals surface area contributed by atoms with Gasteiger partial charge in [-0.3, -0.25) is 14.9 Å². The molecule has 0 aliphatic carbocycles. The van der Waals surface area contributed by atoms with Crippen molar-refractivity contribution in [3.63, 3.8) is 0 Å². The van der Waals surface area contributed by atoms with Gasteiger partial charge in [-0.15, -0.1) is 0 Å². The van der Waals surface area contributed by atoms with Gasteiger partial charge in [0.05, 0.1) is 11.5 Å². The standard InChI is InChI=1S/C17H17ClN2O4/c1-11(2)10-24-14-5-3-4-12(8-14)17(21)19-13-6-7-15(18)16(9-13)20(22)23/h3-9,11H,10H2,1-2H3,(H,19,21). The van der Waals surface area contributed by atoms with Gasteiger partial charge in [0, 0.05) is 17.3 Å². The van der Waals surface area contributed by atoms with Gasteiger partial charge in [-0.25, -0.2) is 0 Å². The molecule has 0 radical (unpaired) electrons. The monoisotopic (exact) mass is 348 g/mol. The lowest BCUT2D eigenvalue weighted by molar-refractivity contribution is -0.384. The second kappa shape index (κ2) is 7.79. The normalized spacial score (nSPS) is 10.5. The van der Waals surface area contributed by atoms with Crippen LogP contribution in [0.1, 0.15) is 24.2 Å². The first kappa shape index (κ1) is 17.7. The molecule has 0 aromatic heterocycles. The molecule has 2 aromatic rings. The summed E-state index contributed by atoms with van der Waals surface area (Å²) in [5, 5.41) is 13.5. The maximum absolute atomic E-state index is 12.3. The van der Waals surface area contributed by atoms with Gasteiger partial charge in [0.2, 0.25) is 0 Å². The van der Waals surface area contributed by atoms with Gasteiger partial charge in [-0.05, 0) is 36.2 Å². The van der Waals surface area contributed by atoms with E-state index in [2.05, 4.69) is 5.32 Å². The molecule has 0 atom stereocenters. The van der Waals surface area contributed by atoms with Gasteiger partial charge < -0.3 is 10.1 Å². The third-order valence-corrected chi connectivity index (χ3v) is 3.40. The number of ether oxygens (including phenoxy) is 1. The molecule has 2 aromatic carbocycles. The summed E-state index contributed by atoms with van der Waals surface area (Å²) in [6.07, 6.45) is 0. The first-order valence-corrected chi connectivity index (χ1v) is 7.72. The lowest BCUT2D eigenvalue weighted by atomic mass is 10.2. The van der Waals surface area contributed by atoms with Crippen molar-refractivity contribution in [2.75, 3.05) is 11.9 Å². The number of halogens is 1. The highest BCUT2D eigenvalue weighted by atomic mass is 35.5. The Balaban J connectivity index is 2.14. The highest BCUT2D eigenvalue weighted by Crippen LogP contribution is 2.27. The van der Waals surface area contributed by atoms with Crippen molar-refractivity contribution in [1.82, 2.24) is 0 Å². The van der Waals surface area contributed by atoms with Crippen LogP contribution in [-0.4, -0.2) is 17.4 Å². The van der Waals surface area contributed by atoms with E-state index in [4.69, 9.17) is 16.3 Å². The number of hydrogen-bond acceptors (Lipinski definition) is 4. The maximum Gasteiger partial charge on any atom is 0.289 e. The second-order valence-corrected chi connectivity index (χ2v) is 6.02. The molecule has 0 spiro atoms. The minimum atomic E-state index is -0.599. The number of nitro benzene ring substituents is 1. The summed E-state index contributed by atoms with van der Waals surface area (Å²) in [5.41, 5.74) is 0.432. The topological polar surface area (TPSA) is 81.5 Å². The molecule has 1 amide bonds. The fourth-order valence-corrected chi connectivity index (χ4v) is 2.11. The lowest BCUT2D eigenvalue weighted by Crippen LogP contribution is -2.12. The first-order valence-electron chi connectivity index (χ1n) is 7.35. The van der Waals surface area contributed by atoms with Crippen molar-refractivity contribution in [1.29, 1.82) is 0 Å². The van der Waals surface area contributed by atoms with E-state index in [1.807, 2.05) is 13.8 Å². The van der Waals surface area contributed by atoms with Crippen LogP contribution in [0.5, 0.6) is 5.75 Å². The number of nitro groups is 1. The van der Waals surface area contributed by atoms with E-state index in [-0.39, 0.29) is 16.6 Å². The van der Waals surface area contributed by atoms with E-state index in [9.17, 15) is 14.9 Å². The zero-order valence-electron chi connectivity index (χ0n) is 13.3. The van der Waals surface area contributed by atoms with E-state index in [0.717, 1.165) is 0 Å². The summed E-state index contributed by atoms with van der Waals surface area (Å²) in [4.78, 5) is 22.6. The summed E-state index contributed by atoms with van der Waals surface area (Å²) in [6.45, 7) is 4.61. The van der Waals surface area contributed by atoms with Crippen molar-refractivity contribution in [3.8, 4) is 5.75 Å². The highest BCUT2D eigenvalue weighted by Gasteiger charge is 2.14. The SMILES string of the molecule is CC(C)COc1cccc(C(=O)Nc2ccc(Cl)c([N+](=O)[O-])c2)c1. The van der Waals surface area contributed by atoms with Crippen molar-refractivity contribution in [2.24, 2.45) is 5.92 Å². The van der Waals surface area contributed by atoms with Gasteiger partial charge in [0.1, 0.15) is 10.8 Å². The first-order chi connectivity index (χ1) is 11.4. The van der Waals surface area contributed by atoms with Crippen molar-refractivity contribution in [2.45, 2.75) is 13.8 Å². The van der Waals surface area contributed by atoms with Crippen LogP contribution >= 0.6 is 11.6 Å². The second-order valence-electron chi connectivity index (χ2n) is 5.61. The molecule has 2 rings (SSSR count). The Morgan fingerprint density at radius 2 is 2.04 bits per heavy atom. The van der Waals surface area contributed by atoms with E-state index in [0.29, 0.717) is 29.5 Å². The average molecular weight is 349 g/mol. The van der Waals surface area contributed by atoms with Gasteiger partial charge >= 0.3 is 0 Å². The molecule has 0 unspecified atom stereocenters. The summed E-state index contributed by atoms with van der Waals surface area (Å²) >= 11 is 5.75. The zero-order chi connectivity index (χ0) is 17.7. The molecule has 7 heteroatoms. The van der Waals surface area contributed by atoms with Crippen LogP contribution in [-0.2, 0) is 0 Å². The molecule has 0 bridgehead atoms. The van der Waals surface area contributed by atoms with Crippen LogP contribution < -0.4 is 10.1 Å². The van der Waals surface area contributed by atoms with E-state index < -0.39 is 4.92 Å². The number of nitrogens with zero attached hydrogens (tertiary/aromatic N) is 1. The maximum atomic E-state index is 12.3. The average Bonchev–Trinajstić information content (AvgIpc) is 2.54. The fourth-order valence-electron chi connectivity index (χ4n) is 1.92. The number of hydrogen-bond donors (Lipinski definition) is 1. The molecule has 0 heterocycles. The number of carbonyl (C=O) groups is 1. The van der Waals surface area contributed by atoms with Crippen LogP contribution in [0.4, 0.5) is 11.4 Å². The Hall–Kier alpha value is -2.60. The Bertz CT molecular complexity index is 762. The van der Waals surface area contributed by atoms with Crippen molar-refractivity contribution in [3.05, 3.63) is 63.2 Å². The van der Waals surface area contributed by atoms with Crippen LogP contribution in [0, 0.1) is 16.0 Å². The smallest absolute Gasteiger partial charge is 0.289 e. The minimum absolute atomic E-state index is 0.0158. The van der Waals surface area contributed by atoms with Gasteiger partial charge in [-0.2, -0.15) is 0 Å². The van der Waals surface area contributed by atoms with Crippen LogP contribution in [0.15, 0.2) is 42.5 Å². The number of anilines is 1. The van der Waals surface area contributed by atoms with E-state index >= 15 is 0 Å². The molecule has 0 saturated heterocycles. The van der Waals surface area contributed by atoms with Crippen LogP contribution in [0.25, 0.3) is 0 Å². The minimum Gasteiger partial charge on any atom is -0.493 e. The predicted octanol–water partition coefficient (Wildman–Crippen LogP) is 4.54. The summed E-state index contributed by atoms with van der Waals surface area (Å²) in [6, 6.07) is 10.9. The molecular weight excluding hydrogens is 332 g/mol. The summed E-state index contributed by atoms with van der Waals surface area (Å²) < 4.78 is 5.59. The number of rotatable bonds is 6. The number of benzene rings is 2. The van der Waals surface area contributed by atoms with Gasteiger partial charge in [-0.1, -0.05) is 31.5 Å². The molecule has 0 saturated carbocycles. The molecule has 0 aliphatic heterocycles. The Kier molecular flexibility index (Phi) is 5.76. The number of carbonyl (C=O) groups excluding carboxylic acids is 1. The Morgan fingerprint density at radius 3 is 2.71 bits per heavy atom. The molecular formula is C17H17ClN2O4. The molecule has 0 aliphatic rings. The van der Waals surface area contributed by atoms with Gasteiger partial charge in [0.15, 0.2) is 0 Å². The molecule has 126 valence electrons. The Morgan fingerprint density at radius 1 is 1.29 bits per heavy atom. The number of nitrogens with one attached hydrogen (secondary N) is 1. The van der Waals surface area contributed by atoms with Crippen LogP contribution in [0.3, 0.4) is 0 Å². The zero-order valence-corrected chi connectivity index (χ0v) is 14.0. The van der Waals surface area contributed by atoms with Crippen molar-refractivity contribution < 1.29 is 14.5 Å². The Labute approximate surface area is 144 Å². The van der Waals surface area contributed by atoms with E-state index in [1.54, 1.807) is 24.3 Å². The van der Waals surface area contributed by atoms with Crippen LogP contribution in [0.2, 0.25) is 5.02 Å². The third kappa shape index (κ3) is 4.70. The third-order valence-electron chi connectivity index (χ3n) is 3.08. The molecule has 0 fully saturated rings.